The first kappa shape index (κ1) is 22.1. The Morgan fingerprint density at radius 3 is 2.61 bits per heavy atom. The first-order chi connectivity index (χ1) is 15.9. The van der Waals surface area contributed by atoms with Crippen molar-refractivity contribution in [1.82, 2.24) is 25.1 Å². The number of aryl methyl sites for hydroxylation is 1. The Morgan fingerprint density at radius 2 is 1.85 bits per heavy atom. The number of rotatable bonds is 8. The van der Waals surface area contributed by atoms with E-state index in [2.05, 4.69) is 35.8 Å². The summed E-state index contributed by atoms with van der Waals surface area (Å²) in [4.78, 5) is 13.1. The second-order valence-corrected chi connectivity index (χ2v) is 7.31. The number of hydrogen-bond acceptors (Lipinski definition) is 7. The topological polar surface area (TPSA) is 101 Å². The van der Waals surface area contributed by atoms with Crippen LogP contribution in [0.25, 0.3) is 11.3 Å². The minimum Gasteiger partial charge on any atom is -0.497 e. The van der Waals surface area contributed by atoms with E-state index in [1.165, 1.54) is 12.1 Å². The quantitative estimate of drug-likeness (QED) is 0.345. The summed E-state index contributed by atoms with van der Waals surface area (Å²) < 4.78 is 32.6. The Hall–Kier alpha value is -4.08. The van der Waals surface area contributed by atoms with Gasteiger partial charge in [-0.05, 0) is 25.1 Å². The standard InChI is InChI=1S/C23H23F2N7O/c1-4-20-27-22(26-13(2)17-9-8-15(24)11-18(17)25)30-23(28-20)29-21-12-19(31-32-21)14-6-5-7-16(10-14)33-3/h5-13H,4H2,1-3H3,(H3,26,27,28,29,30,31,32). The highest BCUT2D eigenvalue weighted by atomic mass is 19.1. The van der Waals surface area contributed by atoms with Gasteiger partial charge in [-0.2, -0.15) is 20.1 Å². The number of anilines is 3. The highest BCUT2D eigenvalue weighted by Crippen LogP contribution is 2.25. The van der Waals surface area contributed by atoms with E-state index in [0.717, 1.165) is 23.1 Å². The van der Waals surface area contributed by atoms with Crippen molar-refractivity contribution in [3.63, 3.8) is 0 Å². The van der Waals surface area contributed by atoms with Crippen LogP contribution in [0, 0.1) is 11.6 Å². The van der Waals surface area contributed by atoms with E-state index in [9.17, 15) is 8.78 Å². The summed E-state index contributed by atoms with van der Waals surface area (Å²) in [6.07, 6.45) is 0.570. The molecule has 170 valence electrons. The Labute approximate surface area is 189 Å². The second kappa shape index (κ2) is 9.60. The molecule has 4 rings (SSSR count). The number of aromatic nitrogens is 5. The third-order valence-corrected chi connectivity index (χ3v) is 4.97. The first-order valence-corrected chi connectivity index (χ1v) is 10.4. The molecular formula is C23H23F2N7O. The molecule has 2 heterocycles. The fourth-order valence-electron chi connectivity index (χ4n) is 3.26. The zero-order valence-electron chi connectivity index (χ0n) is 18.4. The predicted octanol–water partition coefficient (Wildman–Crippen LogP) is 5.03. The molecule has 0 aliphatic heterocycles. The number of methoxy groups -OCH3 is 1. The lowest BCUT2D eigenvalue weighted by molar-refractivity contribution is 0.415. The summed E-state index contributed by atoms with van der Waals surface area (Å²) in [5.41, 5.74) is 2.01. The molecule has 0 radical (unpaired) electrons. The molecule has 0 amide bonds. The van der Waals surface area contributed by atoms with Gasteiger partial charge >= 0.3 is 0 Å². The minimum atomic E-state index is -0.639. The number of H-pyrrole nitrogens is 1. The van der Waals surface area contributed by atoms with Crippen molar-refractivity contribution in [2.45, 2.75) is 26.3 Å². The van der Waals surface area contributed by atoms with Crippen molar-refractivity contribution in [1.29, 1.82) is 0 Å². The van der Waals surface area contributed by atoms with Crippen molar-refractivity contribution in [3.8, 4) is 17.0 Å². The zero-order chi connectivity index (χ0) is 23.4. The lowest BCUT2D eigenvalue weighted by Gasteiger charge is -2.16. The van der Waals surface area contributed by atoms with Crippen molar-refractivity contribution >= 4 is 17.7 Å². The molecule has 0 bridgehead atoms. The summed E-state index contributed by atoms with van der Waals surface area (Å²) >= 11 is 0. The van der Waals surface area contributed by atoms with E-state index in [4.69, 9.17) is 4.74 Å². The molecule has 0 saturated heterocycles. The van der Waals surface area contributed by atoms with Gasteiger partial charge in [0.1, 0.15) is 23.2 Å². The minimum absolute atomic E-state index is 0.268. The Kier molecular flexibility index (Phi) is 6.43. The maximum absolute atomic E-state index is 14.1. The molecule has 10 heteroatoms. The van der Waals surface area contributed by atoms with Crippen LogP contribution in [-0.2, 0) is 6.42 Å². The fraction of sp³-hybridized carbons (Fsp3) is 0.217. The summed E-state index contributed by atoms with van der Waals surface area (Å²) in [5.74, 6) is 1.10. The highest BCUT2D eigenvalue weighted by Gasteiger charge is 2.15. The van der Waals surface area contributed by atoms with Gasteiger partial charge in [0.05, 0.1) is 18.8 Å². The number of nitrogens with one attached hydrogen (secondary N) is 3. The summed E-state index contributed by atoms with van der Waals surface area (Å²) in [7, 11) is 1.61. The average molecular weight is 451 g/mol. The van der Waals surface area contributed by atoms with E-state index in [0.29, 0.717) is 29.6 Å². The van der Waals surface area contributed by atoms with Gasteiger partial charge in [-0.1, -0.05) is 25.1 Å². The monoisotopic (exact) mass is 451 g/mol. The molecule has 0 fully saturated rings. The molecule has 1 unspecified atom stereocenters. The lowest BCUT2D eigenvalue weighted by Crippen LogP contribution is -2.14. The van der Waals surface area contributed by atoms with Crippen LogP contribution in [0.4, 0.5) is 26.5 Å². The summed E-state index contributed by atoms with van der Waals surface area (Å²) in [6, 6.07) is 12.4. The maximum Gasteiger partial charge on any atom is 0.233 e. The number of aromatic amines is 1. The molecule has 3 N–H and O–H groups in total. The Bertz CT molecular complexity index is 1260. The predicted molar refractivity (Wildman–Crippen MR) is 121 cm³/mol. The van der Waals surface area contributed by atoms with Gasteiger partial charge in [-0.15, -0.1) is 0 Å². The molecule has 4 aromatic rings. The van der Waals surface area contributed by atoms with Crippen LogP contribution in [0.5, 0.6) is 5.75 Å². The molecule has 8 nitrogen and oxygen atoms in total. The lowest BCUT2D eigenvalue weighted by atomic mass is 10.1. The van der Waals surface area contributed by atoms with Crippen LogP contribution in [0.3, 0.4) is 0 Å². The van der Waals surface area contributed by atoms with E-state index >= 15 is 0 Å². The molecule has 0 spiro atoms. The van der Waals surface area contributed by atoms with Crippen LogP contribution in [-0.4, -0.2) is 32.3 Å². The number of benzene rings is 2. The van der Waals surface area contributed by atoms with E-state index < -0.39 is 17.7 Å². The van der Waals surface area contributed by atoms with E-state index in [-0.39, 0.29) is 5.95 Å². The smallest absolute Gasteiger partial charge is 0.233 e. The largest absolute Gasteiger partial charge is 0.497 e. The van der Waals surface area contributed by atoms with Crippen LogP contribution >= 0.6 is 0 Å². The Balaban J connectivity index is 1.54. The van der Waals surface area contributed by atoms with Crippen LogP contribution in [0.15, 0.2) is 48.5 Å². The van der Waals surface area contributed by atoms with E-state index in [1.807, 2.05) is 37.3 Å². The highest BCUT2D eigenvalue weighted by molar-refractivity contribution is 5.65. The van der Waals surface area contributed by atoms with Gasteiger partial charge < -0.3 is 15.4 Å². The number of nitrogens with zero attached hydrogens (tertiary/aromatic N) is 4. The summed E-state index contributed by atoms with van der Waals surface area (Å²) in [5, 5.41) is 13.4. The van der Waals surface area contributed by atoms with Crippen molar-refractivity contribution in [2.75, 3.05) is 17.7 Å². The SMILES string of the molecule is CCc1nc(Nc2cc(-c3cccc(OC)c3)[nH]n2)nc(NC(C)c2ccc(F)cc2F)n1. The number of halogens is 2. The molecular weight excluding hydrogens is 428 g/mol. The van der Waals surface area contributed by atoms with Gasteiger partial charge in [-0.3, -0.25) is 5.10 Å². The van der Waals surface area contributed by atoms with Gasteiger partial charge in [0.15, 0.2) is 5.82 Å². The molecule has 0 aliphatic rings. The molecule has 0 aliphatic carbocycles. The summed E-state index contributed by atoms with van der Waals surface area (Å²) in [6.45, 7) is 3.66. The molecule has 33 heavy (non-hydrogen) atoms. The zero-order valence-corrected chi connectivity index (χ0v) is 18.4. The maximum atomic E-state index is 14.1. The van der Waals surface area contributed by atoms with Gasteiger partial charge in [0, 0.05) is 29.7 Å². The molecule has 2 aromatic heterocycles. The third-order valence-electron chi connectivity index (χ3n) is 4.97. The van der Waals surface area contributed by atoms with Crippen molar-refractivity contribution in [3.05, 3.63) is 71.6 Å². The number of ether oxygens (including phenoxy) is 1. The van der Waals surface area contributed by atoms with Crippen LogP contribution in [0.1, 0.15) is 31.3 Å². The van der Waals surface area contributed by atoms with Crippen molar-refractivity contribution in [2.24, 2.45) is 0 Å². The fourth-order valence-corrected chi connectivity index (χ4v) is 3.26. The van der Waals surface area contributed by atoms with E-state index in [1.54, 1.807) is 14.0 Å². The first-order valence-electron chi connectivity index (χ1n) is 10.4. The average Bonchev–Trinajstić information content (AvgIpc) is 3.27. The van der Waals surface area contributed by atoms with Crippen LogP contribution < -0.4 is 15.4 Å². The second-order valence-electron chi connectivity index (χ2n) is 7.31. The molecule has 0 saturated carbocycles. The van der Waals surface area contributed by atoms with Gasteiger partial charge in [-0.25, -0.2) is 8.78 Å². The van der Waals surface area contributed by atoms with Gasteiger partial charge in [0.2, 0.25) is 11.9 Å². The molecule has 2 aromatic carbocycles. The van der Waals surface area contributed by atoms with Crippen molar-refractivity contribution < 1.29 is 13.5 Å². The normalized spacial score (nSPS) is 11.8. The molecule has 1 atom stereocenters. The van der Waals surface area contributed by atoms with Crippen LogP contribution in [0.2, 0.25) is 0 Å². The number of hydrogen-bond donors (Lipinski definition) is 3. The Morgan fingerprint density at radius 1 is 1.03 bits per heavy atom. The third kappa shape index (κ3) is 5.22. The van der Waals surface area contributed by atoms with Gasteiger partial charge in [0.25, 0.3) is 0 Å².